The molecule has 1 saturated heterocycles. The van der Waals surface area contributed by atoms with Crippen molar-refractivity contribution in [3.63, 3.8) is 0 Å². The second-order valence-electron chi connectivity index (χ2n) is 5.56. The predicted molar refractivity (Wildman–Crippen MR) is 76.3 cm³/mol. The van der Waals surface area contributed by atoms with Crippen molar-refractivity contribution in [3.05, 3.63) is 29.8 Å². The molecule has 2 unspecified atom stereocenters. The Morgan fingerprint density at radius 2 is 2.00 bits per heavy atom. The lowest BCUT2D eigenvalue weighted by Gasteiger charge is -2.34. The third kappa shape index (κ3) is 2.47. The topological polar surface area (TPSA) is 81.1 Å². The van der Waals surface area contributed by atoms with Gasteiger partial charge in [-0.05, 0) is 24.5 Å². The molecular formula is C15H18N2O4. The Morgan fingerprint density at radius 3 is 2.76 bits per heavy atom. The first-order chi connectivity index (χ1) is 10.1. The molecule has 2 aliphatic heterocycles. The summed E-state index contributed by atoms with van der Waals surface area (Å²) in [6, 6.07) is 6.41. The van der Waals surface area contributed by atoms with Crippen LogP contribution in [0.5, 0.6) is 0 Å². The lowest BCUT2D eigenvalue weighted by molar-refractivity contribution is -0.141. The van der Waals surface area contributed by atoms with Crippen molar-refractivity contribution in [1.29, 1.82) is 0 Å². The highest BCUT2D eigenvalue weighted by molar-refractivity contribution is 5.96. The molecule has 0 saturated carbocycles. The van der Waals surface area contributed by atoms with E-state index >= 15 is 0 Å². The van der Waals surface area contributed by atoms with E-state index in [9.17, 15) is 19.8 Å². The fourth-order valence-corrected chi connectivity index (χ4v) is 3.15. The summed E-state index contributed by atoms with van der Waals surface area (Å²) in [5.74, 6) is -1.06. The quantitative estimate of drug-likeness (QED) is 0.811. The summed E-state index contributed by atoms with van der Waals surface area (Å²) in [4.78, 5) is 26.9. The Kier molecular flexibility index (Phi) is 3.55. The summed E-state index contributed by atoms with van der Waals surface area (Å²) in [7, 11) is 0. The van der Waals surface area contributed by atoms with E-state index in [1.807, 2.05) is 24.3 Å². The van der Waals surface area contributed by atoms with Crippen molar-refractivity contribution in [2.45, 2.75) is 31.4 Å². The molecule has 112 valence electrons. The average molecular weight is 290 g/mol. The van der Waals surface area contributed by atoms with Gasteiger partial charge in [-0.25, -0.2) is 9.59 Å². The largest absolute Gasteiger partial charge is 0.480 e. The summed E-state index contributed by atoms with van der Waals surface area (Å²) in [5.41, 5.74) is 1.95. The van der Waals surface area contributed by atoms with E-state index in [2.05, 4.69) is 0 Å². The Bertz CT molecular complexity index is 575. The third-order valence-corrected chi connectivity index (χ3v) is 4.15. The first-order valence-corrected chi connectivity index (χ1v) is 7.15. The highest BCUT2D eigenvalue weighted by Crippen LogP contribution is 2.29. The van der Waals surface area contributed by atoms with Crippen LogP contribution in [-0.2, 0) is 11.2 Å². The van der Waals surface area contributed by atoms with Gasteiger partial charge in [0.05, 0.1) is 6.10 Å². The fraction of sp³-hybridized carbons (Fsp3) is 0.467. The van der Waals surface area contributed by atoms with Gasteiger partial charge in [-0.2, -0.15) is 0 Å². The number of amides is 2. The maximum atomic E-state index is 12.7. The molecular weight excluding hydrogens is 272 g/mol. The molecule has 0 radical (unpaired) electrons. The van der Waals surface area contributed by atoms with Crippen LogP contribution in [0.1, 0.15) is 18.4 Å². The van der Waals surface area contributed by atoms with Gasteiger partial charge in [-0.1, -0.05) is 18.2 Å². The average Bonchev–Trinajstić information content (AvgIpc) is 2.88. The smallest absolute Gasteiger partial charge is 0.326 e. The molecule has 2 atom stereocenters. The SMILES string of the molecule is O=C(O)C1CC(O)CN1C(=O)N1CCCc2ccccc21. The molecule has 3 rings (SSSR count). The van der Waals surface area contributed by atoms with Crippen LogP contribution in [0.15, 0.2) is 24.3 Å². The van der Waals surface area contributed by atoms with Gasteiger partial charge >= 0.3 is 12.0 Å². The van der Waals surface area contributed by atoms with E-state index in [0.717, 1.165) is 24.1 Å². The number of carboxylic acid groups (broad SMARTS) is 1. The highest BCUT2D eigenvalue weighted by atomic mass is 16.4. The third-order valence-electron chi connectivity index (χ3n) is 4.15. The molecule has 2 amide bonds. The Labute approximate surface area is 122 Å². The van der Waals surface area contributed by atoms with Crippen LogP contribution < -0.4 is 4.90 Å². The van der Waals surface area contributed by atoms with E-state index in [1.54, 1.807) is 4.90 Å². The number of rotatable bonds is 1. The van der Waals surface area contributed by atoms with Crippen molar-refractivity contribution in [3.8, 4) is 0 Å². The lowest BCUT2D eigenvalue weighted by Crippen LogP contribution is -2.49. The van der Waals surface area contributed by atoms with Gasteiger partial charge in [0, 0.05) is 25.2 Å². The molecule has 2 aliphatic rings. The molecule has 1 aromatic rings. The molecule has 21 heavy (non-hydrogen) atoms. The second-order valence-corrected chi connectivity index (χ2v) is 5.56. The van der Waals surface area contributed by atoms with Gasteiger partial charge in [-0.3, -0.25) is 4.90 Å². The van der Waals surface area contributed by atoms with Crippen molar-refractivity contribution in [2.24, 2.45) is 0 Å². The lowest BCUT2D eigenvalue weighted by atomic mass is 10.0. The number of aliphatic carboxylic acids is 1. The first-order valence-electron chi connectivity index (χ1n) is 7.15. The number of nitrogens with zero attached hydrogens (tertiary/aromatic N) is 2. The molecule has 2 heterocycles. The predicted octanol–water partition coefficient (Wildman–Crippen LogP) is 1.08. The van der Waals surface area contributed by atoms with Crippen LogP contribution in [0, 0.1) is 0 Å². The number of benzene rings is 1. The van der Waals surface area contributed by atoms with Gasteiger partial charge in [0.25, 0.3) is 0 Å². The molecule has 0 spiro atoms. The number of anilines is 1. The number of carboxylic acids is 1. The highest BCUT2D eigenvalue weighted by Gasteiger charge is 2.41. The zero-order valence-electron chi connectivity index (χ0n) is 11.6. The van der Waals surface area contributed by atoms with Crippen LogP contribution in [0.3, 0.4) is 0 Å². The number of fused-ring (bicyclic) bond motifs is 1. The van der Waals surface area contributed by atoms with Crippen LogP contribution in [-0.4, -0.2) is 52.3 Å². The minimum absolute atomic E-state index is 0.0778. The minimum Gasteiger partial charge on any atom is -0.480 e. The van der Waals surface area contributed by atoms with Crippen LogP contribution in [0.4, 0.5) is 10.5 Å². The van der Waals surface area contributed by atoms with Gasteiger partial charge in [0.15, 0.2) is 0 Å². The van der Waals surface area contributed by atoms with E-state index in [4.69, 9.17) is 0 Å². The first kappa shape index (κ1) is 13.9. The number of aliphatic hydroxyl groups is 1. The van der Waals surface area contributed by atoms with Gasteiger partial charge < -0.3 is 15.1 Å². The maximum absolute atomic E-state index is 12.7. The number of β-amino-alcohol motifs (C(OH)–C–C–N with tert-alkyl or cyclic N) is 1. The number of aliphatic hydroxyl groups excluding tert-OH is 1. The summed E-state index contributed by atoms with van der Waals surface area (Å²) in [6.07, 6.45) is 1.10. The maximum Gasteiger partial charge on any atom is 0.326 e. The summed E-state index contributed by atoms with van der Waals surface area (Å²) in [6.45, 7) is 0.656. The Balaban J connectivity index is 1.87. The molecule has 6 nitrogen and oxygen atoms in total. The Morgan fingerprint density at radius 1 is 1.24 bits per heavy atom. The van der Waals surface area contributed by atoms with E-state index in [0.29, 0.717) is 6.54 Å². The molecule has 0 aliphatic carbocycles. The van der Waals surface area contributed by atoms with Crippen LogP contribution in [0.2, 0.25) is 0 Å². The second kappa shape index (κ2) is 5.37. The molecule has 1 aromatic carbocycles. The van der Waals surface area contributed by atoms with Crippen molar-refractivity contribution in [1.82, 2.24) is 4.90 Å². The van der Waals surface area contributed by atoms with Gasteiger partial charge in [0.2, 0.25) is 0 Å². The van der Waals surface area contributed by atoms with E-state index in [1.165, 1.54) is 4.90 Å². The number of urea groups is 1. The van der Waals surface area contributed by atoms with Crippen LogP contribution >= 0.6 is 0 Å². The zero-order valence-corrected chi connectivity index (χ0v) is 11.6. The standard InChI is InChI=1S/C15H18N2O4/c18-11-8-13(14(19)20)17(9-11)15(21)16-7-3-5-10-4-1-2-6-12(10)16/h1-2,4,6,11,13,18H,3,5,7-9H2,(H,19,20). The number of carbonyl (C=O) groups excluding carboxylic acids is 1. The number of para-hydroxylation sites is 1. The normalized spacial score (nSPS) is 24.8. The van der Waals surface area contributed by atoms with Gasteiger partial charge in [-0.15, -0.1) is 0 Å². The fourth-order valence-electron chi connectivity index (χ4n) is 3.15. The molecule has 0 aromatic heterocycles. The number of aryl methyl sites for hydroxylation is 1. The zero-order chi connectivity index (χ0) is 15.0. The number of hydrogen-bond donors (Lipinski definition) is 2. The van der Waals surface area contributed by atoms with E-state index < -0.39 is 18.1 Å². The van der Waals surface area contributed by atoms with E-state index in [-0.39, 0.29) is 19.0 Å². The van der Waals surface area contributed by atoms with Gasteiger partial charge in [0.1, 0.15) is 6.04 Å². The van der Waals surface area contributed by atoms with Crippen molar-refractivity contribution in [2.75, 3.05) is 18.0 Å². The molecule has 6 heteroatoms. The number of likely N-dealkylation sites (tertiary alicyclic amines) is 1. The molecule has 2 N–H and O–H groups in total. The van der Waals surface area contributed by atoms with Crippen molar-refractivity contribution < 1.29 is 19.8 Å². The number of hydrogen-bond acceptors (Lipinski definition) is 3. The van der Waals surface area contributed by atoms with Crippen LogP contribution in [0.25, 0.3) is 0 Å². The summed E-state index contributed by atoms with van der Waals surface area (Å²) < 4.78 is 0. The van der Waals surface area contributed by atoms with Crippen molar-refractivity contribution >= 4 is 17.7 Å². The molecule has 1 fully saturated rings. The Hall–Kier alpha value is -2.08. The monoisotopic (exact) mass is 290 g/mol. The minimum atomic E-state index is -1.06. The number of carbonyl (C=O) groups is 2. The summed E-state index contributed by atoms with van der Waals surface area (Å²) >= 11 is 0. The molecule has 0 bridgehead atoms. The summed E-state index contributed by atoms with van der Waals surface area (Å²) in [5, 5.41) is 18.9.